The van der Waals surface area contributed by atoms with Gasteiger partial charge in [0, 0.05) is 22.7 Å². The molecule has 0 N–H and O–H groups in total. The molecule has 0 spiro atoms. The molecule has 2 aromatic heterocycles. The summed E-state index contributed by atoms with van der Waals surface area (Å²) in [6.07, 6.45) is 2.84. The molecule has 33 heavy (non-hydrogen) atoms. The second kappa shape index (κ2) is 8.73. The number of pyridine rings is 1. The van der Waals surface area contributed by atoms with Crippen LogP contribution in [0.3, 0.4) is 0 Å². The summed E-state index contributed by atoms with van der Waals surface area (Å²) in [7, 11) is -3.99. The van der Waals surface area contributed by atoms with Crippen LogP contribution in [0.15, 0.2) is 108 Å². The van der Waals surface area contributed by atoms with E-state index in [1.165, 1.54) is 22.4 Å². The number of fused-ring (bicyclic) bond motifs is 1. The summed E-state index contributed by atoms with van der Waals surface area (Å²) in [5.41, 5.74) is 2.83. The van der Waals surface area contributed by atoms with Crippen LogP contribution in [0.25, 0.3) is 22.2 Å². The van der Waals surface area contributed by atoms with E-state index in [0.717, 1.165) is 16.5 Å². The van der Waals surface area contributed by atoms with Crippen LogP contribution < -0.4 is 4.74 Å². The quantitative estimate of drug-likeness (QED) is 0.295. The normalized spacial score (nSPS) is 11.5. The molecule has 5 rings (SSSR count). The van der Waals surface area contributed by atoms with Crippen LogP contribution in [0.2, 0.25) is 5.02 Å². The third kappa shape index (κ3) is 4.23. The molecule has 0 saturated carbocycles. The number of aromatic nitrogens is 2. The predicted molar refractivity (Wildman–Crippen MR) is 130 cm³/mol. The summed E-state index contributed by atoms with van der Waals surface area (Å²) >= 11 is 6.18. The van der Waals surface area contributed by atoms with Crippen LogP contribution in [0.5, 0.6) is 5.75 Å². The second-order valence-corrected chi connectivity index (χ2v) is 9.72. The summed E-state index contributed by atoms with van der Waals surface area (Å²) < 4.78 is 34.8. The van der Waals surface area contributed by atoms with E-state index < -0.39 is 10.0 Å². The minimum absolute atomic E-state index is 0.0395. The van der Waals surface area contributed by atoms with Crippen molar-refractivity contribution in [3.63, 3.8) is 0 Å². The summed E-state index contributed by atoms with van der Waals surface area (Å²) in [5, 5.41) is 1.27. The first kappa shape index (κ1) is 21.2. The lowest BCUT2D eigenvalue weighted by molar-refractivity contribution is 0.304. The molecule has 0 aliphatic carbocycles. The zero-order valence-electron chi connectivity index (χ0n) is 17.4. The van der Waals surface area contributed by atoms with E-state index in [9.17, 15) is 8.42 Å². The summed E-state index contributed by atoms with van der Waals surface area (Å²) in [6.45, 7) is 0.312. The van der Waals surface area contributed by atoms with Gasteiger partial charge in [-0.1, -0.05) is 72.3 Å². The molecule has 0 fully saturated rings. The second-order valence-electron chi connectivity index (χ2n) is 7.50. The van der Waals surface area contributed by atoms with Crippen molar-refractivity contribution in [1.29, 1.82) is 0 Å². The van der Waals surface area contributed by atoms with Crippen molar-refractivity contribution in [1.82, 2.24) is 8.96 Å². The van der Waals surface area contributed by atoms with E-state index in [1.807, 2.05) is 66.7 Å². The summed E-state index contributed by atoms with van der Waals surface area (Å²) in [6, 6.07) is 27.5. The zero-order chi connectivity index (χ0) is 22.8. The Hall–Kier alpha value is -3.61. The predicted octanol–water partition coefficient (Wildman–Crippen LogP) is 6.17. The molecule has 0 unspecified atom stereocenters. The first-order chi connectivity index (χ1) is 16.0. The molecular formula is C26H19ClN2O3S. The fourth-order valence-corrected chi connectivity index (χ4v) is 5.39. The first-order valence-electron chi connectivity index (χ1n) is 10.3. The number of rotatable bonds is 6. The smallest absolute Gasteiger partial charge is 0.270 e. The van der Waals surface area contributed by atoms with Crippen LogP contribution >= 0.6 is 11.6 Å². The van der Waals surface area contributed by atoms with Gasteiger partial charge in [-0.15, -0.1) is 0 Å². The fraction of sp³-hybridized carbons (Fsp3) is 0.0385. The average molecular weight is 475 g/mol. The van der Waals surface area contributed by atoms with Crippen LogP contribution in [0.4, 0.5) is 0 Å². The Kier molecular flexibility index (Phi) is 5.62. The molecule has 0 amide bonds. The number of hydrogen-bond acceptors (Lipinski definition) is 4. The maximum atomic E-state index is 13.8. The topological polar surface area (TPSA) is 61.2 Å². The van der Waals surface area contributed by atoms with Crippen LogP contribution in [-0.2, 0) is 16.6 Å². The van der Waals surface area contributed by atoms with Gasteiger partial charge in [-0.25, -0.2) is 12.4 Å². The molecule has 0 saturated heterocycles. The molecule has 3 aromatic carbocycles. The minimum atomic E-state index is -3.99. The number of halogens is 1. The zero-order valence-corrected chi connectivity index (χ0v) is 19.0. The molecule has 0 bridgehead atoms. The first-order valence-corrected chi connectivity index (χ1v) is 12.1. The maximum absolute atomic E-state index is 13.8. The molecule has 7 heteroatoms. The van der Waals surface area contributed by atoms with Crippen molar-refractivity contribution < 1.29 is 13.2 Å². The molecule has 5 aromatic rings. The highest BCUT2D eigenvalue weighted by molar-refractivity contribution is 7.90. The Bertz CT molecular complexity index is 1530. The molecule has 0 aliphatic rings. The Morgan fingerprint density at radius 3 is 2.33 bits per heavy atom. The van der Waals surface area contributed by atoms with Crippen LogP contribution in [0.1, 0.15) is 5.56 Å². The van der Waals surface area contributed by atoms with E-state index >= 15 is 0 Å². The molecule has 5 nitrogen and oxygen atoms in total. The molecule has 2 heterocycles. The third-order valence-electron chi connectivity index (χ3n) is 5.26. The summed E-state index contributed by atoms with van der Waals surface area (Å²) in [5.74, 6) is 0.376. The van der Waals surface area contributed by atoms with Crippen molar-refractivity contribution in [2.45, 2.75) is 11.5 Å². The Labute approximate surface area is 196 Å². The lowest BCUT2D eigenvalue weighted by Crippen LogP contribution is -2.14. The van der Waals surface area contributed by atoms with Gasteiger partial charge in [-0.3, -0.25) is 4.98 Å². The Balaban J connectivity index is 1.60. The van der Waals surface area contributed by atoms with Crippen molar-refractivity contribution in [3.05, 3.63) is 114 Å². The van der Waals surface area contributed by atoms with Gasteiger partial charge >= 0.3 is 0 Å². The molecule has 0 aliphatic heterocycles. The van der Waals surface area contributed by atoms with E-state index in [1.54, 1.807) is 18.2 Å². The van der Waals surface area contributed by atoms with Gasteiger partial charge in [0.05, 0.1) is 17.4 Å². The molecular weight excluding hydrogens is 456 g/mol. The third-order valence-corrected chi connectivity index (χ3v) is 7.19. The molecule has 0 radical (unpaired) electrons. The highest BCUT2D eigenvalue weighted by atomic mass is 35.5. The van der Waals surface area contributed by atoms with Gasteiger partial charge in [0.2, 0.25) is 0 Å². The van der Waals surface area contributed by atoms with Gasteiger partial charge in [0.25, 0.3) is 10.0 Å². The number of nitrogens with zero attached hydrogens (tertiary/aromatic N) is 2. The van der Waals surface area contributed by atoms with E-state index in [0.29, 0.717) is 28.6 Å². The number of ether oxygens (including phenoxy) is 1. The standard InChI is InChI=1S/C26H19ClN2O3S/c27-22-11-12-25-21(13-22)14-26(20-9-5-2-6-10-20)29(25)33(30,31)24-15-23(16-28-17-24)32-18-19-7-3-1-4-8-19/h1-17H,18H2. The SMILES string of the molecule is O=S(=O)(c1cncc(OCc2ccccc2)c1)n1c(-c2ccccc2)cc2cc(Cl)ccc21. The lowest BCUT2D eigenvalue weighted by atomic mass is 10.1. The largest absolute Gasteiger partial charge is 0.487 e. The maximum Gasteiger partial charge on any atom is 0.270 e. The Morgan fingerprint density at radius 2 is 1.58 bits per heavy atom. The monoisotopic (exact) mass is 474 g/mol. The lowest BCUT2D eigenvalue weighted by Gasteiger charge is -2.13. The highest BCUT2D eigenvalue weighted by Crippen LogP contribution is 2.34. The van der Waals surface area contributed by atoms with Gasteiger partial charge < -0.3 is 4.74 Å². The fourth-order valence-electron chi connectivity index (χ4n) is 3.70. The van der Waals surface area contributed by atoms with E-state index in [2.05, 4.69) is 4.98 Å². The van der Waals surface area contributed by atoms with Crippen molar-refractivity contribution in [2.75, 3.05) is 0 Å². The molecule has 164 valence electrons. The van der Waals surface area contributed by atoms with Gasteiger partial charge in [-0.2, -0.15) is 0 Å². The van der Waals surface area contributed by atoms with Crippen molar-refractivity contribution in [2.24, 2.45) is 0 Å². The van der Waals surface area contributed by atoms with Crippen molar-refractivity contribution >= 4 is 32.5 Å². The van der Waals surface area contributed by atoms with Crippen LogP contribution in [-0.4, -0.2) is 17.4 Å². The highest BCUT2D eigenvalue weighted by Gasteiger charge is 2.25. The Morgan fingerprint density at radius 1 is 0.848 bits per heavy atom. The average Bonchev–Trinajstić information content (AvgIpc) is 3.23. The van der Waals surface area contributed by atoms with Gasteiger partial charge in [0.1, 0.15) is 17.3 Å². The molecule has 0 atom stereocenters. The number of hydrogen-bond donors (Lipinski definition) is 0. The van der Waals surface area contributed by atoms with E-state index in [-0.39, 0.29) is 4.90 Å². The summed E-state index contributed by atoms with van der Waals surface area (Å²) in [4.78, 5) is 4.17. The van der Waals surface area contributed by atoms with Crippen LogP contribution in [0, 0.1) is 0 Å². The number of benzene rings is 3. The minimum Gasteiger partial charge on any atom is -0.487 e. The van der Waals surface area contributed by atoms with Crippen molar-refractivity contribution in [3.8, 4) is 17.0 Å². The van der Waals surface area contributed by atoms with Gasteiger partial charge in [-0.05, 0) is 35.4 Å². The van der Waals surface area contributed by atoms with Gasteiger partial charge in [0.15, 0.2) is 0 Å². The van der Waals surface area contributed by atoms with E-state index in [4.69, 9.17) is 16.3 Å².